The van der Waals surface area contributed by atoms with Gasteiger partial charge in [0.2, 0.25) is 0 Å². The molecule has 126 valence electrons. The van der Waals surface area contributed by atoms with Gasteiger partial charge >= 0.3 is 6.18 Å². The van der Waals surface area contributed by atoms with E-state index in [1.807, 2.05) is 0 Å². The monoisotopic (exact) mass is 339 g/mol. The molecule has 3 N–H and O–H groups in total. The Balaban J connectivity index is 2.08. The number of nitro groups is 1. The van der Waals surface area contributed by atoms with E-state index in [-0.39, 0.29) is 23.5 Å². The molecule has 2 rings (SSSR count). The Morgan fingerprint density at radius 1 is 1.17 bits per heavy atom. The second-order valence-corrected chi connectivity index (χ2v) is 4.91. The number of hydrogen-bond acceptors (Lipinski definition) is 4. The van der Waals surface area contributed by atoms with Crippen LogP contribution in [-0.2, 0) is 12.7 Å². The Morgan fingerprint density at radius 3 is 2.33 bits per heavy atom. The number of nitro benzene ring substituents is 1. The maximum atomic E-state index is 12.5. The quantitative estimate of drug-likeness (QED) is 0.508. The molecule has 24 heavy (non-hydrogen) atoms. The minimum Gasteiger partial charge on any atom is -0.398 e. The Labute approximate surface area is 134 Å². The molecule has 0 aromatic heterocycles. The number of carbonyl (C=O) groups excluding carboxylic acids is 1. The molecule has 0 unspecified atom stereocenters. The smallest absolute Gasteiger partial charge is 0.398 e. The van der Waals surface area contributed by atoms with Crippen molar-refractivity contribution < 1.29 is 22.9 Å². The topological polar surface area (TPSA) is 98.3 Å². The highest BCUT2D eigenvalue weighted by Gasteiger charge is 2.29. The van der Waals surface area contributed by atoms with Gasteiger partial charge in [0.15, 0.2) is 0 Å². The van der Waals surface area contributed by atoms with Gasteiger partial charge < -0.3 is 11.1 Å². The van der Waals surface area contributed by atoms with Crippen molar-refractivity contribution in [2.75, 3.05) is 5.73 Å². The summed E-state index contributed by atoms with van der Waals surface area (Å²) in [5.41, 5.74) is 4.97. The van der Waals surface area contributed by atoms with Crippen LogP contribution >= 0.6 is 0 Å². The molecule has 0 aliphatic carbocycles. The summed E-state index contributed by atoms with van der Waals surface area (Å²) in [5.74, 6) is -0.656. The largest absolute Gasteiger partial charge is 0.416 e. The number of nitrogens with zero attached hydrogens (tertiary/aromatic N) is 1. The van der Waals surface area contributed by atoms with Crippen molar-refractivity contribution >= 4 is 17.3 Å². The number of nitrogens with one attached hydrogen (secondary N) is 1. The van der Waals surface area contributed by atoms with Gasteiger partial charge in [0, 0.05) is 24.4 Å². The van der Waals surface area contributed by atoms with Crippen LogP contribution in [0.15, 0.2) is 42.5 Å². The van der Waals surface area contributed by atoms with Gasteiger partial charge in [-0.25, -0.2) is 0 Å². The van der Waals surface area contributed by atoms with Crippen LogP contribution in [0.4, 0.5) is 24.5 Å². The lowest BCUT2D eigenvalue weighted by Crippen LogP contribution is -2.24. The zero-order valence-electron chi connectivity index (χ0n) is 12.1. The zero-order valence-corrected chi connectivity index (χ0v) is 12.1. The lowest BCUT2D eigenvalue weighted by molar-refractivity contribution is -0.384. The van der Waals surface area contributed by atoms with Crippen LogP contribution in [0.3, 0.4) is 0 Å². The van der Waals surface area contributed by atoms with Crippen LogP contribution in [0.25, 0.3) is 0 Å². The molecule has 0 bridgehead atoms. The predicted molar refractivity (Wildman–Crippen MR) is 80.1 cm³/mol. The van der Waals surface area contributed by atoms with E-state index in [2.05, 4.69) is 5.32 Å². The third kappa shape index (κ3) is 4.00. The van der Waals surface area contributed by atoms with Crippen LogP contribution < -0.4 is 11.1 Å². The fraction of sp³-hybridized carbons (Fsp3) is 0.133. The molecule has 0 atom stereocenters. The van der Waals surface area contributed by atoms with Crippen molar-refractivity contribution in [2.45, 2.75) is 12.7 Å². The van der Waals surface area contributed by atoms with Crippen molar-refractivity contribution in [2.24, 2.45) is 0 Å². The van der Waals surface area contributed by atoms with Gasteiger partial charge in [-0.15, -0.1) is 0 Å². The van der Waals surface area contributed by atoms with Gasteiger partial charge in [0.25, 0.3) is 11.6 Å². The fourth-order valence-electron chi connectivity index (χ4n) is 1.94. The summed E-state index contributed by atoms with van der Waals surface area (Å²) in [4.78, 5) is 22.1. The van der Waals surface area contributed by atoms with Crippen LogP contribution in [0.5, 0.6) is 0 Å². The minimum absolute atomic E-state index is 0.0426. The second kappa shape index (κ2) is 6.57. The first-order valence-corrected chi connectivity index (χ1v) is 6.67. The molecule has 1 amide bonds. The maximum absolute atomic E-state index is 12.5. The summed E-state index contributed by atoms with van der Waals surface area (Å²) < 4.78 is 37.4. The van der Waals surface area contributed by atoms with Gasteiger partial charge in [0.1, 0.15) is 0 Å². The van der Waals surface area contributed by atoms with Gasteiger partial charge in [-0.05, 0) is 23.8 Å². The maximum Gasteiger partial charge on any atom is 0.416 e. The molecule has 0 heterocycles. The van der Waals surface area contributed by atoms with Crippen LogP contribution in [0.2, 0.25) is 0 Å². The van der Waals surface area contributed by atoms with Gasteiger partial charge in [-0.3, -0.25) is 14.9 Å². The highest BCUT2D eigenvalue weighted by molar-refractivity contribution is 5.99. The van der Waals surface area contributed by atoms with Crippen molar-refractivity contribution in [1.82, 2.24) is 5.32 Å². The first kappa shape index (κ1) is 17.3. The standard InChI is InChI=1S/C15H12F3N3O3/c16-15(17,18)10-3-1-9(2-4-10)8-20-14(22)12-7-11(21(23)24)5-6-13(12)19/h1-7H,8,19H2,(H,20,22). The van der Waals surface area contributed by atoms with Crippen LogP contribution in [0.1, 0.15) is 21.5 Å². The number of halogens is 3. The number of non-ortho nitro benzene ring substituents is 1. The number of hydrogen-bond donors (Lipinski definition) is 2. The summed E-state index contributed by atoms with van der Waals surface area (Å²) >= 11 is 0. The summed E-state index contributed by atoms with van der Waals surface area (Å²) in [6.45, 7) is -0.0426. The summed E-state index contributed by atoms with van der Waals surface area (Å²) in [7, 11) is 0. The third-order valence-corrected chi connectivity index (χ3v) is 3.23. The average Bonchev–Trinajstić information content (AvgIpc) is 2.52. The number of amides is 1. The molecule has 0 fully saturated rings. The molecule has 0 spiro atoms. The van der Waals surface area contributed by atoms with Gasteiger partial charge in [-0.1, -0.05) is 12.1 Å². The van der Waals surface area contributed by atoms with Crippen molar-refractivity contribution in [3.05, 3.63) is 69.3 Å². The average molecular weight is 339 g/mol. The van der Waals surface area contributed by atoms with E-state index in [0.717, 1.165) is 18.2 Å². The molecule has 0 aliphatic rings. The van der Waals surface area contributed by atoms with E-state index in [1.165, 1.54) is 24.3 Å². The summed E-state index contributed by atoms with van der Waals surface area (Å²) in [6.07, 6.45) is -4.43. The lowest BCUT2D eigenvalue weighted by atomic mass is 10.1. The fourth-order valence-corrected chi connectivity index (χ4v) is 1.94. The van der Waals surface area contributed by atoms with Gasteiger partial charge in [0.05, 0.1) is 16.1 Å². The lowest BCUT2D eigenvalue weighted by Gasteiger charge is -2.09. The molecule has 0 saturated heterocycles. The number of anilines is 1. The van der Waals surface area contributed by atoms with E-state index in [4.69, 9.17) is 5.73 Å². The van der Waals surface area contributed by atoms with Gasteiger partial charge in [-0.2, -0.15) is 13.2 Å². The van der Waals surface area contributed by atoms with E-state index in [9.17, 15) is 28.1 Å². The number of nitrogens with two attached hydrogens (primary N) is 1. The number of benzene rings is 2. The molecule has 6 nitrogen and oxygen atoms in total. The second-order valence-electron chi connectivity index (χ2n) is 4.91. The molecular weight excluding hydrogens is 327 g/mol. The third-order valence-electron chi connectivity index (χ3n) is 3.23. The Morgan fingerprint density at radius 2 is 1.79 bits per heavy atom. The predicted octanol–water partition coefficient (Wildman–Crippen LogP) is 3.13. The first-order valence-electron chi connectivity index (χ1n) is 6.67. The Kier molecular flexibility index (Phi) is 4.72. The Bertz CT molecular complexity index is 774. The molecule has 9 heteroatoms. The number of alkyl halides is 3. The number of carbonyl (C=O) groups is 1. The molecule has 2 aromatic carbocycles. The normalized spacial score (nSPS) is 11.1. The first-order chi connectivity index (χ1) is 11.2. The summed E-state index contributed by atoms with van der Waals surface area (Å²) in [5, 5.41) is 13.2. The van der Waals surface area contributed by atoms with E-state index in [1.54, 1.807) is 0 Å². The van der Waals surface area contributed by atoms with Crippen LogP contribution in [0, 0.1) is 10.1 Å². The summed E-state index contributed by atoms with van der Waals surface area (Å²) in [6, 6.07) is 7.73. The number of rotatable bonds is 4. The zero-order chi connectivity index (χ0) is 17.9. The van der Waals surface area contributed by atoms with E-state index in [0.29, 0.717) is 5.56 Å². The van der Waals surface area contributed by atoms with Crippen LogP contribution in [-0.4, -0.2) is 10.8 Å². The molecular formula is C15H12F3N3O3. The molecule has 2 aromatic rings. The van der Waals surface area contributed by atoms with Crippen molar-refractivity contribution in [1.29, 1.82) is 0 Å². The molecule has 0 aliphatic heterocycles. The number of nitrogen functional groups attached to an aromatic ring is 1. The molecule has 0 saturated carbocycles. The Hall–Kier alpha value is -3.10. The SMILES string of the molecule is Nc1ccc([N+](=O)[O-])cc1C(=O)NCc1ccc(C(F)(F)F)cc1. The van der Waals surface area contributed by atoms with Crippen molar-refractivity contribution in [3.63, 3.8) is 0 Å². The highest BCUT2D eigenvalue weighted by atomic mass is 19.4. The van der Waals surface area contributed by atoms with E-state index >= 15 is 0 Å². The highest BCUT2D eigenvalue weighted by Crippen LogP contribution is 2.29. The molecule has 0 radical (unpaired) electrons. The minimum atomic E-state index is -4.43. The van der Waals surface area contributed by atoms with Crippen molar-refractivity contribution in [3.8, 4) is 0 Å². The van der Waals surface area contributed by atoms with E-state index < -0.39 is 22.6 Å².